The van der Waals surface area contributed by atoms with Crippen molar-refractivity contribution in [2.45, 2.75) is 0 Å². The minimum absolute atomic E-state index is 0.0381. The second kappa shape index (κ2) is 6.30. The van der Waals surface area contributed by atoms with Gasteiger partial charge < -0.3 is 20.8 Å². The van der Waals surface area contributed by atoms with E-state index in [0.29, 0.717) is 6.54 Å². The Bertz CT molecular complexity index is 453. The fourth-order valence-corrected chi connectivity index (χ4v) is 1.89. The summed E-state index contributed by atoms with van der Waals surface area (Å²) in [5.74, 6) is -1.10. The predicted molar refractivity (Wildman–Crippen MR) is 66.7 cm³/mol. The normalized spacial score (nSPS) is 16.2. The highest BCUT2D eigenvalue weighted by Crippen LogP contribution is 2.01. The van der Waals surface area contributed by atoms with Crippen LogP contribution in [0.25, 0.3) is 0 Å². The third-order valence-corrected chi connectivity index (χ3v) is 2.92. The molecule has 0 saturated carbocycles. The molecular formula is C11H17N5O3. The molecule has 0 bridgehead atoms. The fourth-order valence-electron chi connectivity index (χ4n) is 1.89. The van der Waals surface area contributed by atoms with E-state index in [1.807, 2.05) is 0 Å². The molecule has 0 aromatic carbocycles. The smallest absolute Gasteiger partial charge is 0.270 e. The van der Waals surface area contributed by atoms with E-state index in [4.69, 9.17) is 10.5 Å². The Labute approximate surface area is 110 Å². The quantitative estimate of drug-likeness (QED) is 0.605. The van der Waals surface area contributed by atoms with E-state index in [1.54, 1.807) is 0 Å². The first kappa shape index (κ1) is 13.5. The predicted octanol–water partition coefficient (Wildman–Crippen LogP) is -1.43. The van der Waals surface area contributed by atoms with Crippen LogP contribution in [-0.4, -0.2) is 66.1 Å². The lowest BCUT2D eigenvalue weighted by atomic mass is 10.3. The van der Waals surface area contributed by atoms with Gasteiger partial charge in [0.2, 0.25) is 0 Å². The molecule has 0 unspecified atom stereocenters. The van der Waals surface area contributed by atoms with Crippen molar-refractivity contribution in [1.82, 2.24) is 20.2 Å². The molecule has 0 atom stereocenters. The zero-order valence-corrected chi connectivity index (χ0v) is 10.5. The van der Waals surface area contributed by atoms with Crippen molar-refractivity contribution < 1.29 is 14.3 Å². The van der Waals surface area contributed by atoms with Crippen molar-refractivity contribution in [2.75, 3.05) is 39.4 Å². The van der Waals surface area contributed by atoms with Crippen molar-refractivity contribution >= 4 is 11.8 Å². The Kier molecular flexibility index (Phi) is 4.48. The first-order chi connectivity index (χ1) is 9.18. The molecule has 2 rings (SSSR count). The number of imidazole rings is 1. The number of primary amides is 1. The molecule has 19 heavy (non-hydrogen) atoms. The van der Waals surface area contributed by atoms with Crippen LogP contribution in [0.1, 0.15) is 21.0 Å². The number of carbonyl (C=O) groups excluding carboxylic acids is 2. The third-order valence-electron chi connectivity index (χ3n) is 2.92. The minimum Gasteiger partial charge on any atom is -0.379 e. The van der Waals surface area contributed by atoms with Crippen LogP contribution in [0.3, 0.4) is 0 Å². The number of carbonyl (C=O) groups is 2. The summed E-state index contributed by atoms with van der Waals surface area (Å²) in [5.41, 5.74) is 5.19. The average Bonchev–Trinajstić information content (AvgIpc) is 2.89. The number of amides is 2. The van der Waals surface area contributed by atoms with Gasteiger partial charge in [-0.15, -0.1) is 0 Å². The summed E-state index contributed by atoms with van der Waals surface area (Å²) >= 11 is 0. The van der Waals surface area contributed by atoms with Crippen LogP contribution in [0.4, 0.5) is 0 Å². The van der Waals surface area contributed by atoms with Gasteiger partial charge in [0, 0.05) is 26.2 Å². The van der Waals surface area contributed by atoms with Crippen LogP contribution in [0.15, 0.2) is 6.33 Å². The van der Waals surface area contributed by atoms with Crippen LogP contribution in [0.5, 0.6) is 0 Å². The largest absolute Gasteiger partial charge is 0.379 e. The van der Waals surface area contributed by atoms with Gasteiger partial charge in [-0.3, -0.25) is 14.5 Å². The van der Waals surface area contributed by atoms with E-state index in [1.165, 1.54) is 6.33 Å². The van der Waals surface area contributed by atoms with Crippen LogP contribution in [0, 0.1) is 0 Å². The molecule has 1 aliphatic rings. The molecule has 1 fully saturated rings. The lowest BCUT2D eigenvalue weighted by molar-refractivity contribution is 0.0383. The first-order valence-corrected chi connectivity index (χ1v) is 6.10. The Morgan fingerprint density at radius 1 is 1.47 bits per heavy atom. The van der Waals surface area contributed by atoms with Crippen LogP contribution in [-0.2, 0) is 4.74 Å². The highest BCUT2D eigenvalue weighted by atomic mass is 16.5. The number of morpholine rings is 1. The number of H-pyrrole nitrogens is 1. The Morgan fingerprint density at radius 3 is 2.89 bits per heavy atom. The number of nitrogens with zero attached hydrogens (tertiary/aromatic N) is 2. The average molecular weight is 267 g/mol. The number of nitrogens with one attached hydrogen (secondary N) is 2. The molecule has 1 aromatic rings. The van der Waals surface area contributed by atoms with Crippen molar-refractivity contribution in [1.29, 1.82) is 0 Å². The molecule has 1 saturated heterocycles. The number of hydrogen-bond donors (Lipinski definition) is 3. The van der Waals surface area contributed by atoms with Gasteiger partial charge in [0.1, 0.15) is 5.69 Å². The number of aromatic nitrogens is 2. The molecule has 0 aliphatic carbocycles. The summed E-state index contributed by atoms with van der Waals surface area (Å²) in [5, 5.41) is 2.73. The van der Waals surface area contributed by atoms with Crippen LogP contribution in [0.2, 0.25) is 0 Å². The summed E-state index contributed by atoms with van der Waals surface area (Å²) < 4.78 is 5.23. The van der Waals surface area contributed by atoms with Crippen molar-refractivity contribution in [3.8, 4) is 0 Å². The van der Waals surface area contributed by atoms with E-state index in [2.05, 4.69) is 20.2 Å². The van der Waals surface area contributed by atoms with E-state index >= 15 is 0 Å². The van der Waals surface area contributed by atoms with Gasteiger partial charge in [0.05, 0.1) is 19.5 Å². The van der Waals surface area contributed by atoms with Crippen LogP contribution < -0.4 is 11.1 Å². The lowest BCUT2D eigenvalue weighted by Crippen LogP contribution is -2.41. The molecule has 1 aliphatic heterocycles. The Balaban J connectivity index is 1.80. The topological polar surface area (TPSA) is 113 Å². The first-order valence-electron chi connectivity index (χ1n) is 6.10. The molecule has 2 heterocycles. The maximum absolute atomic E-state index is 11.8. The SMILES string of the molecule is NC(=O)c1nc[nH]c1C(=O)NCCN1CCOCC1. The molecule has 104 valence electrons. The summed E-state index contributed by atoms with van der Waals surface area (Å²) in [7, 11) is 0. The zero-order chi connectivity index (χ0) is 13.7. The standard InChI is InChI=1S/C11H17N5O3/c12-10(17)8-9(15-7-14-8)11(18)13-1-2-16-3-5-19-6-4-16/h7H,1-6H2,(H2,12,17)(H,13,18)(H,14,15). The zero-order valence-electron chi connectivity index (χ0n) is 10.5. The maximum Gasteiger partial charge on any atom is 0.270 e. The number of nitrogens with two attached hydrogens (primary N) is 1. The highest BCUT2D eigenvalue weighted by molar-refractivity contribution is 6.04. The Morgan fingerprint density at radius 2 is 2.21 bits per heavy atom. The number of aromatic amines is 1. The summed E-state index contributed by atoms with van der Waals surface area (Å²) in [6, 6.07) is 0. The van der Waals surface area contributed by atoms with Crippen LogP contribution >= 0.6 is 0 Å². The van der Waals surface area contributed by atoms with Crippen molar-refractivity contribution in [3.63, 3.8) is 0 Å². The maximum atomic E-state index is 11.8. The van der Waals surface area contributed by atoms with E-state index in [0.717, 1.165) is 32.8 Å². The summed E-state index contributed by atoms with van der Waals surface area (Å²) in [6.07, 6.45) is 1.27. The van der Waals surface area contributed by atoms with Gasteiger partial charge in [-0.05, 0) is 0 Å². The van der Waals surface area contributed by atoms with Gasteiger partial charge in [-0.2, -0.15) is 0 Å². The number of ether oxygens (including phenoxy) is 1. The molecular weight excluding hydrogens is 250 g/mol. The monoisotopic (exact) mass is 267 g/mol. The van der Waals surface area contributed by atoms with Gasteiger partial charge >= 0.3 is 0 Å². The molecule has 0 radical (unpaired) electrons. The van der Waals surface area contributed by atoms with Crippen molar-refractivity contribution in [2.24, 2.45) is 5.73 Å². The van der Waals surface area contributed by atoms with Gasteiger partial charge in [-0.25, -0.2) is 4.98 Å². The number of rotatable bonds is 5. The fraction of sp³-hybridized carbons (Fsp3) is 0.545. The molecule has 1 aromatic heterocycles. The van der Waals surface area contributed by atoms with E-state index in [-0.39, 0.29) is 17.3 Å². The molecule has 4 N–H and O–H groups in total. The second-order valence-electron chi connectivity index (χ2n) is 4.20. The molecule has 0 spiro atoms. The van der Waals surface area contributed by atoms with E-state index in [9.17, 15) is 9.59 Å². The van der Waals surface area contributed by atoms with Gasteiger partial charge in [-0.1, -0.05) is 0 Å². The van der Waals surface area contributed by atoms with E-state index < -0.39 is 5.91 Å². The highest BCUT2D eigenvalue weighted by Gasteiger charge is 2.18. The molecule has 2 amide bonds. The second-order valence-corrected chi connectivity index (χ2v) is 4.20. The van der Waals surface area contributed by atoms with Gasteiger partial charge in [0.25, 0.3) is 11.8 Å². The summed E-state index contributed by atoms with van der Waals surface area (Å²) in [6.45, 7) is 4.42. The minimum atomic E-state index is -0.723. The van der Waals surface area contributed by atoms with Crippen molar-refractivity contribution in [3.05, 3.63) is 17.7 Å². The number of hydrogen-bond acceptors (Lipinski definition) is 5. The Hall–Kier alpha value is -1.93. The lowest BCUT2D eigenvalue weighted by Gasteiger charge is -2.26. The third kappa shape index (κ3) is 3.52. The molecule has 8 heteroatoms. The summed E-state index contributed by atoms with van der Waals surface area (Å²) in [4.78, 5) is 31.4. The van der Waals surface area contributed by atoms with Gasteiger partial charge in [0.15, 0.2) is 5.69 Å². The molecule has 8 nitrogen and oxygen atoms in total.